The molecule has 4 nitrogen and oxygen atoms in total. The van der Waals surface area contributed by atoms with Crippen LogP contribution in [0.2, 0.25) is 0 Å². The van der Waals surface area contributed by atoms with Crippen molar-refractivity contribution >= 4 is 0 Å². The van der Waals surface area contributed by atoms with Crippen molar-refractivity contribution in [1.82, 2.24) is 10.2 Å². The minimum Gasteiger partial charge on any atom is -0.496 e. The molecule has 1 aromatic carbocycles. The molecule has 1 N–H and O–H groups in total. The van der Waals surface area contributed by atoms with Gasteiger partial charge in [0, 0.05) is 38.9 Å². The maximum atomic E-state index is 5.56. The Morgan fingerprint density at radius 1 is 1.32 bits per heavy atom. The second-order valence-corrected chi connectivity index (χ2v) is 6.30. The fraction of sp³-hybridized carbons (Fsp3) is 0.667. The molecule has 1 unspecified atom stereocenters. The van der Waals surface area contributed by atoms with E-state index in [2.05, 4.69) is 35.3 Å². The summed E-state index contributed by atoms with van der Waals surface area (Å²) in [5, 5.41) is 3.37. The number of methoxy groups -OCH3 is 2. The van der Waals surface area contributed by atoms with Crippen LogP contribution in [0.5, 0.6) is 5.75 Å². The Hall–Kier alpha value is -1.10. The van der Waals surface area contributed by atoms with Gasteiger partial charge in [0.1, 0.15) is 5.75 Å². The van der Waals surface area contributed by atoms with Gasteiger partial charge in [-0.1, -0.05) is 19.1 Å². The molecule has 1 heterocycles. The Kier molecular flexibility index (Phi) is 7.16. The van der Waals surface area contributed by atoms with Crippen LogP contribution in [-0.4, -0.2) is 45.4 Å². The van der Waals surface area contributed by atoms with Crippen molar-refractivity contribution in [2.45, 2.75) is 32.9 Å². The Morgan fingerprint density at radius 3 is 2.91 bits per heavy atom. The van der Waals surface area contributed by atoms with E-state index in [4.69, 9.17) is 9.47 Å². The van der Waals surface area contributed by atoms with Crippen LogP contribution >= 0.6 is 0 Å². The summed E-state index contributed by atoms with van der Waals surface area (Å²) in [6.45, 7) is 8.20. The number of rotatable bonds is 8. The third-order valence-corrected chi connectivity index (χ3v) is 4.30. The average Bonchev–Trinajstić information content (AvgIpc) is 2.52. The molecule has 0 amide bonds. The molecule has 0 radical (unpaired) electrons. The molecule has 0 bridgehead atoms. The Bertz CT molecular complexity index is 451. The highest BCUT2D eigenvalue weighted by Gasteiger charge is 2.16. The molecule has 0 spiro atoms. The average molecular weight is 306 g/mol. The van der Waals surface area contributed by atoms with Gasteiger partial charge in [-0.2, -0.15) is 0 Å². The number of nitrogens with one attached hydrogen (secondary N) is 1. The topological polar surface area (TPSA) is 33.7 Å². The summed E-state index contributed by atoms with van der Waals surface area (Å²) in [6, 6.07) is 6.60. The summed E-state index contributed by atoms with van der Waals surface area (Å²) >= 11 is 0. The maximum absolute atomic E-state index is 5.56. The van der Waals surface area contributed by atoms with E-state index in [-0.39, 0.29) is 0 Å². The second kappa shape index (κ2) is 9.13. The van der Waals surface area contributed by atoms with Gasteiger partial charge in [0.2, 0.25) is 0 Å². The summed E-state index contributed by atoms with van der Waals surface area (Å²) < 4.78 is 10.6. The predicted molar refractivity (Wildman–Crippen MR) is 90.3 cm³/mol. The second-order valence-electron chi connectivity index (χ2n) is 6.30. The molecule has 1 saturated heterocycles. The molecule has 1 fully saturated rings. The first-order valence-corrected chi connectivity index (χ1v) is 8.30. The first-order valence-electron chi connectivity index (χ1n) is 8.30. The zero-order valence-corrected chi connectivity index (χ0v) is 14.2. The molecular weight excluding hydrogens is 276 g/mol. The molecule has 4 heteroatoms. The van der Waals surface area contributed by atoms with E-state index in [0.717, 1.165) is 37.9 Å². The SMILES string of the molecule is COCCNCc1ccc(CN2CCCC(C)C2)cc1OC. The third-order valence-electron chi connectivity index (χ3n) is 4.30. The number of piperidine rings is 1. The van der Waals surface area contributed by atoms with Gasteiger partial charge in [-0.3, -0.25) is 4.90 Å². The minimum absolute atomic E-state index is 0.730. The lowest BCUT2D eigenvalue weighted by molar-refractivity contribution is 0.176. The van der Waals surface area contributed by atoms with Crippen LogP contribution in [0.25, 0.3) is 0 Å². The Balaban J connectivity index is 1.92. The molecular formula is C18H30N2O2. The van der Waals surface area contributed by atoms with E-state index in [9.17, 15) is 0 Å². The van der Waals surface area contributed by atoms with Crippen LogP contribution in [-0.2, 0) is 17.8 Å². The molecule has 1 aliphatic rings. The van der Waals surface area contributed by atoms with Crippen molar-refractivity contribution < 1.29 is 9.47 Å². The van der Waals surface area contributed by atoms with Gasteiger partial charge < -0.3 is 14.8 Å². The molecule has 0 aromatic heterocycles. The van der Waals surface area contributed by atoms with Crippen LogP contribution < -0.4 is 10.1 Å². The van der Waals surface area contributed by atoms with Gasteiger partial charge in [0.05, 0.1) is 13.7 Å². The number of ether oxygens (including phenoxy) is 2. The fourth-order valence-corrected chi connectivity index (χ4v) is 3.12. The summed E-state index contributed by atoms with van der Waals surface area (Å²) in [5.41, 5.74) is 2.54. The van der Waals surface area contributed by atoms with Crippen LogP contribution in [0.3, 0.4) is 0 Å². The molecule has 2 rings (SSSR count). The van der Waals surface area contributed by atoms with Crippen molar-refractivity contribution in [1.29, 1.82) is 0 Å². The first-order chi connectivity index (χ1) is 10.7. The summed E-state index contributed by atoms with van der Waals surface area (Å²) in [7, 11) is 3.47. The van der Waals surface area contributed by atoms with E-state index >= 15 is 0 Å². The molecule has 0 saturated carbocycles. The largest absolute Gasteiger partial charge is 0.496 e. The van der Waals surface area contributed by atoms with Crippen molar-refractivity contribution in [2.75, 3.05) is 40.5 Å². The normalized spacial score (nSPS) is 19.3. The van der Waals surface area contributed by atoms with Gasteiger partial charge in [-0.05, 0) is 36.9 Å². The van der Waals surface area contributed by atoms with Crippen molar-refractivity contribution in [3.63, 3.8) is 0 Å². The summed E-state index contributed by atoms with van der Waals surface area (Å²) in [5.74, 6) is 1.80. The fourth-order valence-electron chi connectivity index (χ4n) is 3.12. The summed E-state index contributed by atoms with van der Waals surface area (Å²) in [4.78, 5) is 2.56. The smallest absolute Gasteiger partial charge is 0.123 e. The lowest BCUT2D eigenvalue weighted by Gasteiger charge is -2.31. The number of likely N-dealkylation sites (tertiary alicyclic amines) is 1. The molecule has 1 aliphatic heterocycles. The maximum Gasteiger partial charge on any atom is 0.123 e. The number of hydrogen-bond donors (Lipinski definition) is 1. The number of hydrogen-bond acceptors (Lipinski definition) is 4. The quantitative estimate of drug-likeness (QED) is 0.749. The highest BCUT2D eigenvalue weighted by Crippen LogP contribution is 2.23. The molecule has 1 atom stereocenters. The lowest BCUT2D eigenvalue weighted by atomic mass is 9.99. The highest BCUT2D eigenvalue weighted by molar-refractivity contribution is 5.37. The van der Waals surface area contributed by atoms with Crippen molar-refractivity contribution in [3.05, 3.63) is 29.3 Å². The predicted octanol–water partition coefficient (Wildman–Crippen LogP) is 2.66. The highest BCUT2D eigenvalue weighted by atomic mass is 16.5. The van der Waals surface area contributed by atoms with Crippen LogP contribution in [0, 0.1) is 5.92 Å². The molecule has 1 aromatic rings. The van der Waals surface area contributed by atoms with Gasteiger partial charge in [-0.25, -0.2) is 0 Å². The van der Waals surface area contributed by atoms with Gasteiger partial charge in [0.15, 0.2) is 0 Å². The first kappa shape index (κ1) is 17.3. The molecule has 22 heavy (non-hydrogen) atoms. The van der Waals surface area contributed by atoms with E-state index in [1.165, 1.54) is 37.1 Å². The van der Waals surface area contributed by atoms with E-state index in [1.807, 2.05) is 0 Å². The van der Waals surface area contributed by atoms with Crippen molar-refractivity contribution in [3.8, 4) is 5.75 Å². The van der Waals surface area contributed by atoms with Crippen LogP contribution in [0.15, 0.2) is 18.2 Å². The standard InChI is InChI=1S/C18H30N2O2/c1-15-5-4-9-20(13-15)14-16-6-7-17(18(11-16)22-3)12-19-8-10-21-2/h6-7,11,15,19H,4-5,8-10,12-14H2,1-3H3. The van der Waals surface area contributed by atoms with E-state index in [1.54, 1.807) is 14.2 Å². The Morgan fingerprint density at radius 2 is 2.18 bits per heavy atom. The number of nitrogens with zero attached hydrogens (tertiary/aromatic N) is 1. The van der Waals surface area contributed by atoms with Crippen LogP contribution in [0.4, 0.5) is 0 Å². The molecule has 124 valence electrons. The van der Waals surface area contributed by atoms with Gasteiger partial charge >= 0.3 is 0 Å². The molecule has 0 aliphatic carbocycles. The number of benzene rings is 1. The minimum atomic E-state index is 0.730. The zero-order chi connectivity index (χ0) is 15.8. The van der Waals surface area contributed by atoms with E-state index in [0.29, 0.717) is 0 Å². The monoisotopic (exact) mass is 306 g/mol. The lowest BCUT2D eigenvalue weighted by Crippen LogP contribution is -2.33. The summed E-state index contributed by atoms with van der Waals surface area (Å²) in [6.07, 6.45) is 2.69. The van der Waals surface area contributed by atoms with Gasteiger partial charge in [-0.15, -0.1) is 0 Å². The van der Waals surface area contributed by atoms with E-state index < -0.39 is 0 Å². The Labute approximate surface area is 134 Å². The van der Waals surface area contributed by atoms with Crippen molar-refractivity contribution in [2.24, 2.45) is 5.92 Å². The third kappa shape index (κ3) is 5.27. The van der Waals surface area contributed by atoms with Gasteiger partial charge in [0.25, 0.3) is 0 Å². The zero-order valence-electron chi connectivity index (χ0n) is 14.2. The van der Waals surface area contributed by atoms with Crippen LogP contribution in [0.1, 0.15) is 30.9 Å².